The molecular weight excluding hydrogens is 734 g/mol. The number of nitrogens with two attached hydrogens (primary N) is 1. The number of ether oxygens (including phenoxy) is 1. The normalized spacial score (nSPS) is 11.6. The zero-order valence-corrected chi connectivity index (χ0v) is 29.2. The first kappa shape index (κ1) is 36.6. The molecule has 0 amide bonds. The van der Waals surface area contributed by atoms with Gasteiger partial charge in [-0.05, 0) is 78.2 Å². The highest BCUT2D eigenvalue weighted by atomic mass is 79.9. The molecule has 2 heterocycles. The number of azo groups is 1. The fourth-order valence-corrected chi connectivity index (χ4v) is 5.53. The first-order valence-electron chi connectivity index (χ1n) is 15.6. The van der Waals surface area contributed by atoms with Gasteiger partial charge in [0, 0.05) is 17.5 Å². The van der Waals surface area contributed by atoms with E-state index >= 15 is 0 Å². The number of rotatable bonds is 7. The number of nitrogen functional groups attached to an aromatic ring is 1. The summed E-state index contributed by atoms with van der Waals surface area (Å²) in [5, 5.41) is 49.9. The van der Waals surface area contributed by atoms with E-state index in [1.54, 1.807) is 73.7 Å². The van der Waals surface area contributed by atoms with E-state index in [0.717, 1.165) is 17.7 Å². The van der Waals surface area contributed by atoms with E-state index < -0.39 is 11.9 Å². The van der Waals surface area contributed by atoms with Crippen LogP contribution in [0.25, 0.3) is 27.9 Å². The minimum Gasteiger partial charge on any atom is -0.505 e. The number of benzene rings is 5. The topological polar surface area (TPSA) is 213 Å². The van der Waals surface area contributed by atoms with E-state index in [-0.39, 0.29) is 62.2 Å². The molecule has 6 aromatic rings. The number of phenols is 2. The highest BCUT2D eigenvalue weighted by Gasteiger charge is 2.17. The predicted molar refractivity (Wildman–Crippen MR) is 200 cm³/mol. The molecule has 1 aliphatic rings. The van der Waals surface area contributed by atoms with Crippen molar-refractivity contribution in [2.45, 2.75) is 13.3 Å². The summed E-state index contributed by atoms with van der Waals surface area (Å²) >= 11 is 0. The van der Waals surface area contributed by atoms with Gasteiger partial charge < -0.3 is 30.9 Å². The number of carbonyl (C=O) groups is 2. The van der Waals surface area contributed by atoms with Crippen molar-refractivity contribution in [3.63, 3.8) is 0 Å². The van der Waals surface area contributed by atoms with E-state index in [2.05, 4.69) is 15.3 Å². The first-order chi connectivity index (χ1) is 24.5. The molecule has 0 saturated carbocycles. The maximum atomic E-state index is 13.0. The molecule has 1 aromatic heterocycles. The Balaban J connectivity index is 0.000000245. The van der Waals surface area contributed by atoms with Crippen LogP contribution in [0.1, 0.15) is 32.0 Å². The summed E-state index contributed by atoms with van der Waals surface area (Å²) in [6.45, 7) is 2.34. The number of carboxylic acids is 2. The average molecular weight is 767 g/mol. The van der Waals surface area contributed by atoms with Crippen molar-refractivity contribution < 1.29 is 34.8 Å². The quantitative estimate of drug-likeness (QED) is 0.0530. The van der Waals surface area contributed by atoms with Gasteiger partial charge in [-0.15, -0.1) is 27.2 Å². The molecule has 0 fully saturated rings. The zero-order chi connectivity index (χ0) is 36.2. The van der Waals surface area contributed by atoms with Crippen LogP contribution in [0.15, 0.2) is 118 Å². The van der Waals surface area contributed by atoms with Gasteiger partial charge in [-0.3, -0.25) is 9.89 Å². The molecule has 14 heteroatoms. The second kappa shape index (κ2) is 15.5. The molecule has 0 unspecified atom stereocenters. The lowest BCUT2D eigenvalue weighted by atomic mass is 10.0. The van der Waals surface area contributed by atoms with Gasteiger partial charge in [-0.25, -0.2) is 14.3 Å². The number of aromatic hydroxyl groups is 2. The molecule has 7 N–H and O–H groups in total. The van der Waals surface area contributed by atoms with Gasteiger partial charge in [0.2, 0.25) is 0 Å². The van der Waals surface area contributed by atoms with Crippen molar-refractivity contribution in [1.82, 2.24) is 9.78 Å². The van der Waals surface area contributed by atoms with Crippen LogP contribution in [0.5, 0.6) is 17.2 Å². The molecule has 0 radical (unpaired) electrons. The third-order valence-electron chi connectivity index (χ3n) is 8.15. The fourth-order valence-electron chi connectivity index (χ4n) is 5.53. The average Bonchev–Trinajstić information content (AvgIpc) is 3.72. The minimum absolute atomic E-state index is 0. The lowest BCUT2D eigenvalue weighted by Crippen LogP contribution is -2.14. The van der Waals surface area contributed by atoms with Crippen molar-refractivity contribution in [3.8, 4) is 45.2 Å². The Kier molecular flexibility index (Phi) is 10.9. The van der Waals surface area contributed by atoms with Gasteiger partial charge in [0.05, 0.1) is 34.8 Å². The lowest BCUT2D eigenvalue weighted by molar-refractivity contribution is 0.0686. The molecule has 1 aliphatic heterocycles. The SMILES string of the molecule is Br.Cc1[nH]n(-c2ccc3c(c2)CCO3)c(=O)c1N=Nc1cccc(-c2cccc(C(=O)O)c2)c1O.Nc1cccc(-c2cccc(C(=O)O)c2)c1O. The lowest BCUT2D eigenvalue weighted by Gasteiger charge is -2.07. The summed E-state index contributed by atoms with van der Waals surface area (Å²) < 4.78 is 6.92. The van der Waals surface area contributed by atoms with Crippen LogP contribution in [0, 0.1) is 6.92 Å². The summed E-state index contributed by atoms with van der Waals surface area (Å²) in [6.07, 6.45) is 0.787. The van der Waals surface area contributed by atoms with Crippen LogP contribution in [-0.4, -0.2) is 48.8 Å². The molecule has 0 bridgehead atoms. The Bertz CT molecular complexity index is 2400. The maximum Gasteiger partial charge on any atom is 0.335 e. The maximum absolute atomic E-state index is 13.0. The number of phenolic OH excluding ortho intramolecular Hbond substituents is 2. The van der Waals surface area contributed by atoms with E-state index in [0.29, 0.717) is 40.2 Å². The number of H-pyrrole nitrogens is 1. The number of carboxylic acid groups (broad SMARTS) is 2. The second-order valence-corrected chi connectivity index (χ2v) is 11.5. The number of para-hydroxylation sites is 2. The number of nitrogens with one attached hydrogen (secondary N) is 1. The number of hydrogen-bond acceptors (Lipinski definition) is 9. The molecule has 264 valence electrons. The number of aryl methyl sites for hydroxylation is 1. The molecule has 0 spiro atoms. The van der Waals surface area contributed by atoms with Crippen molar-refractivity contribution >= 4 is 46.0 Å². The summed E-state index contributed by atoms with van der Waals surface area (Å²) in [6, 6.07) is 28.0. The first-order valence-corrected chi connectivity index (χ1v) is 15.6. The van der Waals surface area contributed by atoms with Crippen LogP contribution in [0.3, 0.4) is 0 Å². The fraction of sp³-hybridized carbons (Fsp3) is 0.0789. The summed E-state index contributed by atoms with van der Waals surface area (Å²) in [4.78, 5) is 35.1. The van der Waals surface area contributed by atoms with E-state index in [4.69, 9.17) is 15.6 Å². The standard InChI is InChI=1S/C25H20N4O5.C13H11NO3.BrH/c1-14-22(24(31)29(28-14)18-8-9-21-16(13-18)10-11-34-21)27-26-20-7-3-6-19(23(20)30)15-4-2-5-17(12-15)25(32)33;14-11-6-2-5-10(12(11)15)8-3-1-4-9(7-8)13(16)17;/h2-9,12-13,28,30H,10-11H2,1H3,(H,32,33);1-7,15H,14H2,(H,16,17);1H. The summed E-state index contributed by atoms with van der Waals surface area (Å²) in [7, 11) is 0. The molecule has 52 heavy (non-hydrogen) atoms. The van der Waals surface area contributed by atoms with Crippen LogP contribution in [0.2, 0.25) is 0 Å². The van der Waals surface area contributed by atoms with Crippen LogP contribution >= 0.6 is 17.0 Å². The highest BCUT2D eigenvalue weighted by Crippen LogP contribution is 2.38. The summed E-state index contributed by atoms with van der Waals surface area (Å²) in [5.74, 6) is -1.44. The Labute approximate surface area is 306 Å². The van der Waals surface area contributed by atoms with Gasteiger partial charge in [-0.1, -0.05) is 48.5 Å². The monoisotopic (exact) mass is 765 g/mol. The van der Waals surface area contributed by atoms with Gasteiger partial charge in [0.15, 0.2) is 11.4 Å². The van der Waals surface area contributed by atoms with Crippen molar-refractivity contribution in [1.29, 1.82) is 0 Å². The van der Waals surface area contributed by atoms with Crippen LogP contribution < -0.4 is 16.0 Å². The number of aromatic nitrogens is 2. The molecule has 13 nitrogen and oxygen atoms in total. The van der Waals surface area contributed by atoms with Gasteiger partial charge in [0.25, 0.3) is 5.56 Å². The Morgan fingerprint density at radius 3 is 2.02 bits per heavy atom. The molecule has 5 aromatic carbocycles. The molecular formula is C38H32BrN5O8. The van der Waals surface area contributed by atoms with Crippen molar-refractivity contribution in [3.05, 3.63) is 136 Å². The van der Waals surface area contributed by atoms with E-state index in [1.807, 2.05) is 12.1 Å². The summed E-state index contributed by atoms with van der Waals surface area (Å²) in [5.41, 5.74) is 10.3. The number of anilines is 1. The third kappa shape index (κ3) is 7.56. The van der Waals surface area contributed by atoms with Gasteiger partial charge in [-0.2, -0.15) is 0 Å². The number of nitrogens with zero attached hydrogens (tertiary/aromatic N) is 3. The Morgan fingerprint density at radius 2 is 1.38 bits per heavy atom. The number of aromatic carboxylic acids is 2. The van der Waals surface area contributed by atoms with Crippen molar-refractivity contribution in [2.24, 2.45) is 10.2 Å². The third-order valence-corrected chi connectivity index (χ3v) is 8.15. The molecule has 7 rings (SSSR count). The highest BCUT2D eigenvalue weighted by molar-refractivity contribution is 8.93. The number of fused-ring (bicyclic) bond motifs is 1. The predicted octanol–water partition coefficient (Wildman–Crippen LogP) is 7.81. The second-order valence-electron chi connectivity index (χ2n) is 11.5. The number of hydrogen-bond donors (Lipinski definition) is 6. The molecule has 0 aliphatic carbocycles. The van der Waals surface area contributed by atoms with E-state index in [1.165, 1.54) is 28.9 Å². The molecule has 0 saturated heterocycles. The largest absolute Gasteiger partial charge is 0.505 e. The van der Waals surface area contributed by atoms with Gasteiger partial charge >= 0.3 is 11.9 Å². The van der Waals surface area contributed by atoms with Crippen LogP contribution in [0.4, 0.5) is 17.1 Å². The Morgan fingerprint density at radius 1 is 0.788 bits per heavy atom. The van der Waals surface area contributed by atoms with E-state index in [9.17, 15) is 29.7 Å². The zero-order valence-electron chi connectivity index (χ0n) is 27.5. The molecule has 0 atom stereocenters. The smallest absolute Gasteiger partial charge is 0.335 e. The minimum atomic E-state index is -1.06. The van der Waals surface area contributed by atoms with Gasteiger partial charge in [0.1, 0.15) is 17.2 Å². The number of aromatic amines is 1. The Hall–Kier alpha value is -6.67. The number of halogens is 1. The van der Waals surface area contributed by atoms with Crippen LogP contribution in [-0.2, 0) is 6.42 Å². The van der Waals surface area contributed by atoms with Crippen molar-refractivity contribution in [2.75, 3.05) is 12.3 Å².